The monoisotopic (exact) mass is 258 g/mol. The van der Waals surface area contributed by atoms with E-state index >= 15 is 0 Å². The van der Waals surface area contributed by atoms with Crippen LogP contribution in [0.15, 0.2) is 24.4 Å². The van der Waals surface area contributed by atoms with Gasteiger partial charge in [-0.3, -0.25) is 9.67 Å². The molecule has 0 aliphatic carbocycles. The number of hydrogen-bond donors (Lipinski definition) is 1. The van der Waals surface area contributed by atoms with Crippen molar-refractivity contribution in [3.63, 3.8) is 0 Å². The molecule has 1 N–H and O–H groups in total. The van der Waals surface area contributed by atoms with Gasteiger partial charge in [0.05, 0.1) is 11.7 Å². The summed E-state index contributed by atoms with van der Waals surface area (Å²) >= 11 is 0. The Labute approximate surface area is 114 Å². The number of pyridine rings is 1. The van der Waals surface area contributed by atoms with Crippen LogP contribution in [0, 0.1) is 13.8 Å². The lowest BCUT2D eigenvalue weighted by molar-refractivity contribution is 0.539. The number of aryl methyl sites for hydroxylation is 3. The van der Waals surface area contributed by atoms with Gasteiger partial charge >= 0.3 is 0 Å². The predicted octanol–water partition coefficient (Wildman–Crippen LogP) is 2.61. The minimum atomic E-state index is 0.153. The number of aromatic nitrogens is 3. The zero-order valence-electron chi connectivity index (χ0n) is 12.1. The summed E-state index contributed by atoms with van der Waals surface area (Å²) in [6.07, 6.45) is 1.86. The zero-order chi connectivity index (χ0) is 13.8. The molecule has 0 aliphatic rings. The largest absolute Gasteiger partial charge is 0.305 e. The van der Waals surface area contributed by atoms with Crippen LogP contribution in [0.1, 0.15) is 42.5 Å². The molecule has 0 spiro atoms. The summed E-state index contributed by atoms with van der Waals surface area (Å²) in [5, 5.41) is 7.90. The van der Waals surface area contributed by atoms with Gasteiger partial charge in [0.1, 0.15) is 0 Å². The number of hydrogen-bond acceptors (Lipinski definition) is 3. The van der Waals surface area contributed by atoms with Gasteiger partial charge in [0.25, 0.3) is 0 Å². The van der Waals surface area contributed by atoms with Gasteiger partial charge in [0, 0.05) is 24.1 Å². The van der Waals surface area contributed by atoms with E-state index in [1.165, 1.54) is 11.3 Å². The Hall–Kier alpha value is -1.68. The highest BCUT2D eigenvalue weighted by molar-refractivity contribution is 5.31. The van der Waals surface area contributed by atoms with E-state index in [0.29, 0.717) is 0 Å². The lowest BCUT2D eigenvalue weighted by Gasteiger charge is -2.21. The Balaban J connectivity index is 2.45. The Morgan fingerprint density at radius 1 is 1.21 bits per heavy atom. The van der Waals surface area contributed by atoms with Crippen LogP contribution in [-0.4, -0.2) is 21.3 Å². The molecule has 4 heteroatoms. The molecule has 2 aromatic heterocycles. The van der Waals surface area contributed by atoms with Crippen molar-refractivity contribution >= 4 is 0 Å². The molecule has 19 heavy (non-hydrogen) atoms. The number of rotatable bonds is 5. The van der Waals surface area contributed by atoms with E-state index in [1.807, 2.05) is 17.8 Å². The van der Waals surface area contributed by atoms with E-state index in [9.17, 15) is 0 Å². The average Bonchev–Trinajstić information content (AvgIpc) is 2.85. The van der Waals surface area contributed by atoms with E-state index in [0.717, 1.165) is 24.5 Å². The van der Waals surface area contributed by atoms with E-state index < -0.39 is 0 Å². The Bertz CT molecular complexity index is 545. The van der Waals surface area contributed by atoms with Gasteiger partial charge in [0.2, 0.25) is 0 Å². The highest BCUT2D eigenvalue weighted by atomic mass is 15.3. The van der Waals surface area contributed by atoms with Gasteiger partial charge in [-0.05, 0) is 45.0 Å². The molecule has 0 fully saturated rings. The summed E-state index contributed by atoms with van der Waals surface area (Å²) in [6.45, 7) is 10.1. The van der Waals surface area contributed by atoms with Gasteiger partial charge in [-0.15, -0.1) is 0 Å². The molecule has 0 radical (unpaired) electrons. The van der Waals surface area contributed by atoms with Gasteiger partial charge in [-0.1, -0.05) is 13.0 Å². The summed E-state index contributed by atoms with van der Waals surface area (Å²) in [6, 6.07) is 6.47. The Kier molecular flexibility index (Phi) is 4.32. The molecule has 0 aromatic carbocycles. The first kappa shape index (κ1) is 13.7. The van der Waals surface area contributed by atoms with Crippen molar-refractivity contribution in [2.75, 3.05) is 6.54 Å². The van der Waals surface area contributed by atoms with Crippen LogP contribution < -0.4 is 5.32 Å². The first-order valence-corrected chi connectivity index (χ1v) is 6.86. The Morgan fingerprint density at radius 3 is 2.63 bits per heavy atom. The van der Waals surface area contributed by atoms with Crippen molar-refractivity contribution in [2.24, 2.45) is 0 Å². The van der Waals surface area contributed by atoms with Crippen molar-refractivity contribution in [2.45, 2.75) is 40.3 Å². The maximum Gasteiger partial charge on any atom is 0.0765 e. The number of nitrogens with one attached hydrogen (secondary N) is 1. The van der Waals surface area contributed by atoms with E-state index in [-0.39, 0.29) is 6.04 Å². The van der Waals surface area contributed by atoms with Gasteiger partial charge < -0.3 is 5.32 Å². The molecule has 2 heterocycles. The first-order chi connectivity index (χ1) is 9.17. The van der Waals surface area contributed by atoms with Gasteiger partial charge in [0.15, 0.2) is 0 Å². The summed E-state index contributed by atoms with van der Waals surface area (Å²) < 4.78 is 2.03. The van der Waals surface area contributed by atoms with Crippen LogP contribution in [0.25, 0.3) is 0 Å². The topological polar surface area (TPSA) is 42.7 Å². The molecular weight excluding hydrogens is 236 g/mol. The molecule has 0 saturated heterocycles. The highest BCUT2D eigenvalue weighted by Crippen LogP contribution is 2.24. The third-order valence-electron chi connectivity index (χ3n) is 3.33. The minimum absolute atomic E-state index is 0.153. The average molecular weight is 258 g/mol. The normalized spacial score (nSPS) is 12.6. The third-order valence-corrected chi connectivity index (χ3v) is 3.33. The predicted molar refractivity (Wildman–Crippen MR) is 77.1 cm³/mol. The van der Waals surface area contributed by atoms with Crippen molar-refractivity contribution in [3.05, 3.63) is 47.0 Å². The lowest BCUT2D eigenvalue weighted by Crippen LogP contribution is -2.25. The fraction of sp³-hybridized carbons (Fsp3) is 0.467. The fourth-order valence-electron chi connectivity index (χ4n) is 2.43. The second-order valence-corrected chi connectivity index (χ2v) is 4.69. The maximum atomic E-state index is 4.57. The summed E-state index contributed by atoms with van der Waals surface area (Å²) in [7, 11) is 0. The molecule has 102 valence electrons. The Morgan fingerprint density at radius 2 is 2.00 bits per heavy atom. The molecule has 0 amide bonds. The summed E-state index contributed by atoms with van der Waals surface area (Å²) in [5.41, 5.74) is 4.55. The van der Waals surface area contributed by atoms with E-state index in [2.05, 4.69) is 54.4 Å². The third kappa shape index (κ3) is 2.84. The van der Waals surface area contributed by atoms with E-state index in [1.54, 1.807) is 0 Å². The number of nitrogens with zero attached hydrogens (tertiary/aromatic N) is 3. The zero-order valence-corrected chi connectivity index (χ0v) is 12.1. The summed E-state index contributed by atoms with van der Waals surface area (Å²) in [4.78, 5) is 4.57. The van der Waals surface area contributed by atoms with Gasteiger partial charge in [-0.2, -0.15) is 5.10 Å². The van der Waals surface area contributed by atoms with Crippen molar-refractivity contribution in [1.29, 1.82) is 0 Å². The maximum absolute atomic E-state index is 4.57. The van der Waals surface area contributed by atoms with Crippen LogP contribution in [0.2, 0.25) is 0 Å². The SMILES string of the molecule is CCNC(c1ccc(C)nc1C)c1ccnn1CC. The molecule has 4 nitrogen and oxygen atoms in total. The minimum Gasteiger partial charge on any atom is -0.305 e. The molecule has 0 saturated carbocycles. The molecule has 1 unspecified atom stereocenters. The lowest BCUT2D eigenvalue weighted by atomic mass is 10.0. The molecule has 2 aromatic rings. The second-order valence-electron chi connectivity index (χ2n) is 4.69. The van der Waals surface area contributed by atoms with Gasteiger partial charge in [-0.25, -0.2) is 0 Å². The first-order valence-electron chi connectivity index (χ1n) is 6.86. The standard InChI is InChI=1S/C15H22N4/c1-5-16-15(14-9-10-17-19(14)6-2)13-8-7-11(3)18-12(13)4/h7-10,15-16H,5-6H2,1-4H3. The van der Waals surface area contributed by atoms with E-state index in [4.69, 9.17) is 0 Å². The fourth-order valence-corrected chi connectivity index (χ4v) is 2.43. The van der Waals surface area contributed by atoms with Crippen molar-refractivity contribution in [1.82, 2.24) is 20.1 Å². The highest BCUT2D eigenvalue weighted by Gasteiger charge is 2.19. The van der Waals surface area contributed by atoms with Crippen molar-refractivity contribution in [3.8, 4) is 0 Å². The van der Waals surface area contributed by atoms with Crippen LogP contribution in [0.3, 0.4) is 0 Å². The molecule has 1 atom stereocenters. The summed E-state index contributed by atoms with van der Waals surface area (Å²) in [5.74, 6) is 0. The van der Waals surface area contributed by atoms with Crippen LogP contribution in [0.4, 0.5) is 0 Å². The molecule has 0 aliphatic heterocycles. The molecule has 0 bridgehead atoms. The van der Waals surface area contributed by atoms with Crippen LogP contribution >= 0.6 is 0 Å². The quantitative estimate of drug-likeness (QED) is 0.896. The molecule has 2 rings (SSSR count). The second kappa shape index (κ2) is 5.97. The van der Waals surface area contributed by atoms with Crippen LogP contribution in [-0.2, 0) is 6.54 Å². The van der Waals surface area contributed by atoms with Crippen molar-refractivity contribution < 1.29 is 0 Å². The van der Waals surface area contributed by atoms with Crippen LogP contribution in [0.5, 0.6) is 0 Å². The molecular formula is C15H22N4. The smallest absolute Gasteiger partial charge is 0.0765 e.